The molecule has 138 valence electrons. The van der Waals surface area contributed by atoms with Crippen LogP contribution >= 0.6 is 0 Å². The van der Waals surface area contributed by atoms with Crippen LogP contribution in [0.3, 0.4) is 0 Å². The first-order chi connectivity index (χ1) is 13.5. The number of hydrogen-bond donors (Lipinski definition) is 1. The lowest BCUT2D eigenvalue weighted by Gasteiger charge is -2.12. The maximum absolute atomic E-state index is 11.0. The van der Waals surface area contributed by atoms with Gasteiger partial charge in [-0.1, -0.05) is 59.8 Å². The van der Waals surface area contributed by atoms with Gasteiger partial charge in [0, 0.05) is 17.2 Å². The summed E-state index contributed by atoms with van der Waals surface area (Å²) >= 11 is 0. The van der Waals surface area contributed by atoms with Crippen LogP contribution in [-0.4, -0.2) is 16.2 Å². The maximum atomic E-state index is 11.0. The molecule has 4 nitrogen and oxygen atoms in total. The summed E-state index contributed by atoms with van der Waals surface area (Å²) < 4.78 is 5.60. The molecule has 0 bridgehead atoms. The molecular formula is C24H19NO3. The molecule has 0 atom stereocenters. The number of nitrogens with zero attached hydrogens (tertiary/aromatic N) is 1. The molecule has 4 rings (SSSR count). The van der Waals surface area contributed by atoms with Crippen LogP contribution in [0, 0.1) is 13.8 Å². The van der Waals surface area contributed by atoms with E-state index in [-0.39, 0.29) is 5.56 Å². The highest BCUT2D eigenvalue weighted by molar-refractivity contribution is 5.88. The van der Waals surface area contributed by atoms with E-state index in [1.165, 1.54) is 16.7 Å². The van der Waals surface area contributed by atoms with Crippen LogP contribution in [0.4, 0.5) is 0 Å². The third-order valence-electron chi connectivity index (χ3n) is 5.08. The molecule has 0 radical (unpaired) electrons. The second kappa shape index (κ2) is 7.16. The van der Waals surface area contributed by atoms with Gasteiger partial charge < -0.3 is 9.63 Å². The molecule has 0 unspecified atom stereocenters. The molecule has 4 aromatic rings. The van der Waals surface area contributed by atoms with Crippen LogP contribution in [0.25, 0.3) is 33.7 Å². The first-order valence-electron chi connectivity index (χ1n) is 9.01. The van der Waals surface area contributed by atoms with Crippen LogP contribution in [0.5, 0.6) is 0 Å². The quantitative estimate of drug-likeness (QED) is 0.480. The SMILES string of the molecule is Cc1c(-c2ccccc2)ccc(-c2cc(-c3ccc(C(=O)O)cc3)no2)c1C. The number of hydrogen-bond acceptors (Lipinski definition) is 3. The summed E-state index contributed by atoms with van der Waals surface area (Å²) in [6.07, 6.45) is 0. The molecule has 0 saturated carbocycles. The van der Waals surface area contributed by atoms with E-state index in [0.717, 1.165) is 16.7 Å². The molecule has 0 aliphatic heterocycles. The van der Waals surface area contributed by atoms with E-state index in [4.69, 9.17) is 9.63 Å². The summed E-state index contributed by atoms with van der Waals surface area (Å²) in [7, 11) is 0. The summed E-state index contributed by atoms with van der Waals surface area (Å²) in [6, 6.07) is 23.0. The predicted octanol–water partition coefficient (Wildman–Crippen LogP) is 5.99. The molecule has 0 saturated heterocycles. The molecule has 4 heteroatoms. The van der Waals surface area contributed by atoms with Crippen molar-refractivity contribution in [3.8, 4) is 33.7 Å². The van der Waals surface area contributed by atoms with Gasteiger partial charge in [-0.25, -0.2) is 4.79 Å². The van der Waals surface area contributed by atoms with Crippen LogP contribution in [-0.2, 0) is 0 Å². The Balaban J connectivity index is 1.69. The Bertz CT molecular complexity index is 1140. The molecule has 1 N–H and O–H groups in total. The van der Waals surface area contributed by atoms with E-state index in [0.29, 0.717) is 11.5 Å². The van der Waals surface area contributed by atoms with E-state index in [1.54, 1.807) is 24.3 Å². The first kappa shape index (κ1) is 17.7. The van der Waals surface area contributed by atoms with Gasteiger partial charge in [-0.05, 0) is 48.2 Å². The van der Waals surface area contributed by atoms with Crippen molar-refractivity contribution < 1.29 is 14.4 Å². The average Bonchev–Trinajstić information content (AvgIpc) is 3.20. The van der Waals surface area contributed by atoms with Crippen LogP contribution in [0.15, 0.2) is 77.3 Å². The summed E-state index contributed by atoms with van der Waals surface area (Å²) in [5.74, 6) is -0.255. The van der Waals surface area contributed by atoms with Gasteiger partial charge in [-0.15, -0.1) is 0 Å². The van der Waals surface area contributed by atoms with Gasteiger partial charge in [0.05, 0.1) is 5.56 Å². The van der Waals surface area contributed by atoms with Gasteiger partial charge in [0.1, 0.15) is 5.69 Å². The molecule has 3 aromatic carbocycles. The normalized spacial score (nSPS) is 10.8. The fourth-order valence-electron chi connectivity index (χ4n) is 3.34. The second-order valence-electron chi connectivity index (χ2n) is 6.74. The zero-order chi connectivity index (χ0) is 19.7. The summed E-state index contributed by atoms with van der Waals surface area (Å²) in [5.41, 5.74) is 7.47. The molecule has 0 spiro atoms. The largest absolute Gasteiger partial charge is 0.478 e. The van der Waals surface area contributed by atoms with Gasteiger partial charge in [0.2, 0.25) is 0 Å². The molecule has 0 aliphatic carbocycles. The van der Waals surface area contributed by atoms with Crippen LogP contribution in [0.1, 0.15) is 21.5 Å². The van der Waals surface area contributed by atoms with E-state index in [9.17, 15) is 4.79 Å². The fraction of sp³-hybridized carbons (Fsp3) is 0.0833. The lowest BCUT2D eigenvalue weighted by Crippen LogP contribution is -1.94. The van der Waals surface area contributed by atoms with E-state index in [2.05, 4.69) is 43.3 Å². The van der Waals surface area contributed by atoms with Crippen molar-refractivity contribution in [2.75, 3.05) is 0 Å². The Labute approximate surface area is 163 Å². The van der Waals surface area contributed by atoms with Crippen molar-refractivity contribution in [3.05, 3.63) is 89.5 Å². The Morgan fingerprint density at radius 2 is 1.46 bits per heavy atom. The molecule has 1 aromatic heterocycles. The molecule has 0 fully saturated rings. The van der Waals surface area contributed by atoms with Crippen molar-refractivity contribution in [2.24, 2.45) is 0 Å². The second-order valence-corrected chi connectivity index (χ2v) is 6.74. The highest BCUT2D eigenvalue weighted by Gasteiger charge is 2.14. The molecule has 0 aliphatic rings. The predicted molar refractivity (Wildman–Crippen MR) is 109 cm³/mol. The first-order valence-corrected chi connectivity index (χ1v) is 9.01. The topological polar surface area (TPSA) is 63.3 Å². The van der Waals surface area contributed by atoms with Gasteiger partial charge in [0.15, 0.2) is 5.76 Å². The van der Waals surface area contributed by atoms with Gasteiger partial charge in [-0.2, -0.15) is 0 Å². The van der Waals surface area contributed by atoms with Crippen molar-refractivity contribution in [1.29, 1.82) is 0 Å². The van der Waals surface area contributed by atoms with Crippen molar-refractivity contribution in [1.82, 2.24) is 5.16 Å². The highest BCUT2D eigenvalue weighted by Crippen LogP contribution is 2.34. The minimum Gasteiger partial charge on any atom is -0.478 e. The highest BCUT2D eigenvalue weighted by atomic mass is 16.5. The van der Waals surface area contributed by atoms with Crippen molar-refractivity contribution >= 4 is 5.97 Å². The Morgan fingerprint density at radius 3 is 2.14 bits per heavy atom. The van der Waals surface area contributed by atoms with Crippen molar-refractivity contribution in [2.45, 2.75) is 13.8 Å². The minimum absolute atomic E-state index is 0.246. The van der Waals surface area contributed by atoms with Crippen LogP contribution < -0.4 is 0 Å². The zero-order valence-corrected chi connectivity index (χ0v) is 15.6. The average molecular weight is 369 g/mol. The third-order valence-corrected chi connectivity index (χ3v) is 5.08. The summed E-state index contributed by atoms with van der Waals surface area (Å²) in [5, 5.41) is 13.2. The standard InChI is InChI=1S/C24H19NO3/c1-15-16(2)21(13-12-20(15)17-6-4-3-5-7-17)23-14-22(25-28-23)18-8-10-19(11-9-18)24(26)27/h3-14H,1-2H3,(H,26,27). The van der Waals surface area contributed by atoms with Gasteiger partial charge >= 0.3 is 5.97 Å². The Morgan fingerprint density at radius 1 is 0.821 bits per heavy atom. The number of carbonyl (C=O) groups is 1. The lowest BCUT2D eigenvalue weighted by atomic mass is 9.92. The Hall–Kier alpha value is -3.66. The number of aromatic nitrogens is 1. The maximum Gasteiger partial charge on any atom is 0.335 e. The molecule has 28 heavy (non-hydrogen) atoms. The van der Waals surface area contributed by atoms with Crippen molar-refractivity contribution in [3.63, 3.8) is 0 Å². The number of benzene rings is 3. The van der Waals surface area contributed by atoms with E-state index in [1.807, 2.05) is 24.3 Å². The van der Waals surface area contributed by atoms with Gasteiger partial charge in [0.25, 0.3) is 0 Å². The molecular weight excluding hydrogens is 350 g/mol. The summed E-state index contributed by atoms with van der Waals surface area (Å²) in [6.45, 7) is 4.20. The van der Waals surface area contributed by atoms with E-state index < -0.39 is 5.97 Å². The number of carboxylic acids is 1. The fourth-order valence-corrected chi connectivity index (χ4v) is 3.34. The van der Waals surface area contributed by atoms with E-state index >= 15 is 0 Å². The smallest absolute Gasteiger partial charge is 0.335 e. The zero-order valence-electron chi connectivity index (χ0n) is 15.6. The molecule has 1 heterocycles. The third kappa shape index (κ3) is 3.21. The van der Waals surface area contributed by atoms with Gasteiger partial charge in [-0.3, -0.25) is 0 Å². The number of carboxylic acid groups (broad SMARTS) is 1. The number of rotatable bonds is 4. The number of aromatic carboxylic acids is 1. The minimum atomic E-state index is -0.947. The Kier molecular flexibility index (Phi) is 4.53. The van der Waals surface area contributed by atoms with Crippen LogP contribution in [0.2, 0.25) is 0 Å². The summed E-state index contributed by atoms with van der Waals surface area (Å²) in [4.78, 5) is 11.0. The lowest BCUT2D eigenvalue weighted by molar-refractivity contribution is 0.0697. The molecule has 0 amide bonds. The monoisotopic (exact) mass is 369 g/mol.